The van der Waals surface area contributed by atoms with Crippen molar-refractivity contribution in [2.24, 2.45) is 0 Å². The highest BCUT2D eigenvalue weighted by Crippen LogP contribution is 2.54. The molecule has 4 nitrogen and oxygen atoms in total. The number of ether oxygens (including phenoxy) is 2. The van der Waals surface area contributed by atoms with Crippen molar-refractivity contribution in [1.82, 2.24) is 0 Å². The van der Waals surface area contributed by atoms with E-state index < -0.39 is 0 Å². The number of rotatable bonds is 8. The Morgan fingerprint density at radius 1 is 0.348 bits per heavy atom. The standard InChI is InChI=1S/C57H44N2O2.C6H6.C2H6/c1-3-57(4-2)47-37-41(23-21-39-25-31-43(32-26-39)58-49-13-5-9-17-53(49)60-54-18-10-6-14-50(54)58)29-35-45(47)46-36-30-42(38-48(46)57)24-22-40-27-33-44(34-28-40)59-51-15-7-11-19-55(51)61-56-20-12-8-16-52(56)59;1-2-4-6-5-3-1;1-2/h5-38H,3-4H2,1-2H3;1-6H;1-2H3/b23-21+,24-22+;;. The van der Waals surface area contributed by atoms with Crippen molar-refractivity contribution in [3.05, 3.63) is 252 Å². The highest BCUT2D eigenvalue weighted by molar-refractivity contribution is 5.89. The van der Waals surface area contributed by atoms with Crippen LogP contribution in [0.1, 0.15) is 73.9 Å². The van der Waals surface area contributed by atoms with Crippen molar-refractivity contribution in [2.45, 2.75) is 46.0 Å². The average Bonchev–Trinajstić information content (AvgIpc) is 3.70. The minimum atomic E-state index is -0.0445. The summed E-state index contributed by atoms with van der Waals surface area (Å²) in [5.74, 6) is 3.43. The summed E-state index contributed by atoms with van der Waals surface area (Å²) in [7, 11) is 0. The smallest absolute Gasteiger partial charge is 0.151 e. The number of hydrogen-bond donors (Lipinski definition) is 0. The summed E-state index contributed by atoms with van der Waals surface area (Å²) in [6.07, 6.45) is 11.0. The Morgan fingerprint density at radius 3 is 0.957 bits per heavy atom. The van der Waals surface area contributed by atoms with E-state index in [0.717, 1.165) is 81.1 Å². The molecule has 12 rings (SSSR count). The van der Waals surface area contributed by atoms with E-state index in [-0.39, 0.29) is 5.41 Å². The highest BCUT2D eigenvalue weighted by atomic mass is 16.5. The van der Waals surface area contributed by atoms with Crippen LogP contribution in [0.3, 0.4) is 0 Å². The van der Waals surface area contributed by atoms with Gasteiger partial charge in [-0.1, -0.05) is 198 Å². The second-order valence-corrected chi connectivity index (χ2v) is 17.1. The Hall–Kier alpha value is -8.34. The van der Waals surface area contributed by atoms with Gasteiger partial charge in [-0.25, -0.2) is 0 Å². The lowest BCUT2D eigenvalue weighted by atomic mass is 9.73. The van der Waals surface area contributed by atoms with Gasteiger partial charge in [0.25, 0.3) is 0 Å². The molecule has 0 amide bonds. The normalized spacial score (nSPS) is 13.2. The lowest BCUT2D eigenvalue weighted by molar-refractivity contribution is 0.477. The van der Waals surface area contributed by atoms with Crippen LogP contribution in [0.5, 0.6) is 23.0 Å². The van der Waals surface area contributed by atoms with E-state index in [0.29, 0.717) is 0 Å². The second-order valence-electron chi connectivity index (χ2n) is 17.1. The van der Waals surface area contributed by atoms with Crippen LogP contribution >= 0.6 is 0 Å². The molecule has 0 aromatic heterocycles. The molecule has 9 aromatic rings. The Bertz CT molecular complexity index is 2950. The van der Waals surface area contributed by atoms with Crippen LogP contribution < -0.4 is 19.3 Å². The molecule has 1 aliphatic carbocycles. The van der Waals surface area contributed by atoms with Gasteiger partial charge in [0.2, 0.25) is 0 Å². The number of hydrogen-bond acceptors (Lipinski definition) is 4. The van der Waals surface area contributed by atoms with Gasteiger partial charge in [0.15, 0.2) is 23.0 Å². The molecule has 3 aliphatic rings. The zero-order valence-corrected chi connectivity index (χ0v) is 39.7. The fraction of sp³-hybridized carbons (Fsp3) is 0.108. The van der Waals surface area contributed by atoms with Gasteiger partial charge in [0, 0.05) is 16.8 Å². The van der Waals surface area contributed by atoms with E-state index in [9.17, 15) is 0 Å². The third kappa shape index (κ3) is 8.62. The quantitative estimate of drug-likeness (QED) is 0.142. The highest BCUT2D eigenvalue weighted by Gasteiger charge is 2.40. The van der Waals surface area contributed by atoms with Crippen LogP contribution in [-0.2, 0) is 5.41 Å². The molecule has 2 heterocycles. The zero-order valence-electron chi connectivity index (χ0n) is 39.7. The molecule has 0 unspecified atom stereocenters. The van der Waals surface area contributed by atoms with Crippen LogP contribution in [-0.4, -0.2) is 0 Å². The van der Waals surface area contributed by atoms with Crippen LogP contribution in [0.4, 0.5) is 34.1 Å². The molecule has 4 heteroatoms. The van der Waals surface area contributed by atoms with Crippen molar-refractivity contribution >= 4 is 58.4 Å². The first-order chi connectivity index (χ1) is 34.1. The van der Waals surface area contributed by atoms with Gasteiger partial charge in [-0.3, -0.25) is 0 Å². The van der Waals surface area contributed by atoms with E-state index in [1.54, 1.807) is 0 Å². The van der Waals surface area contributed by atoms with Crippen LogP contribution in [0.25, 0.3) is 35.4 Å². The van der Waals surface area contributed by atoms with Crippen molar-refractivity contribution in [2.75, 3.05) is 9.80 Å². The van der Waals surface area contributed by atoms with Gasteiger partial charge >= 0.3 is 0 Å². The van der Waals surface area contributed by atoms with Gasteiger partial charge in [-0.15, -0.1) is 0 Å². The molecule has 0 spiro atoms. The number of anilines is 6. The minimum absolute atomic E-state index is 0.0445. The van der Waals surface area contributed by atoms with Gasteiger partial charge in [-0.05, 0) is 130 Å². The zero-order chi connectivity index (χ0) is 47.2. The summed E-state index contributed by atoms with van der Waals surface area (Å²) < 4.78 is 12.5. The average molecular weight is 897 g/mol. The molecule has 0 radical (unpaired) electrons. The fourth-order valence-electron chi connectivity index (χ4n) is 9.95. The number of para-hydroxylation sites is 8. The summed E-state index contributed by atoms with van der Waals surface area (Å²) in [6, 6.07) is 76.5. The lowest BCUT2D eigenvalue weighted by Gasteiger charge is -2.32. The molecule has 0 bridgehead atoms. The predicted molar refractivity (Wildman–Crippen MR) is 291 cm³/mol. The van der Waals surface area contributed by atoms with Crippen molar-refractivity contribution < 1.29 is 9.47 Å². The number of fused-ring (bicyclic) bond motifs is 7. The molecule has 9 aromatic carbocycles. The minimum Gasteiger partial charge on any atom is -0.453 e. The van der Waals surface area contributed by atoms with Crippen molar-refractivity contribution in [1.29, 1.82) is 0 Å². The topological polar surface area (TPSA) is 24.9 Å². The largest absolute Gasteiger partial charge is 0.453 e. The molecule has 69 heavy (non-hydrogen) atoms. The fourth-order valence-corrected chi connectivity index (χ4v) is 9.95. The molecule has 2 aliphatic heterocycles. The summed E-state index contributed by atoms with van der Waals surface area (Å²) in [5.41, 5.74) is 16.6. The van der Waals surface area contributed by atoms with E-state index in [1.807, 2.05) is 98.8 Å². The third-order valence-corrected chi connectivity index (χ3v) is 13.4. The maximum absolute atomic E-state index is 6.23. The lowest BCUT2D eigenvalue weighted by Crippen LogP contribution is -2.23. The summed E-state index contributed by atoms with van der Waals surface area (Å²) >= 11 is 0. The van der Waals surface area contributed by atoms with E-state index in [2.05, 4.69) is 181 Å². The maximum atomic E-state index is 6.23. The Morgan fingerprint density at radius 2 is 0.638 bits per heavy atom. The molecule has 0 atom stereocenters. The van der Waals surface area contributed by atoms with E-state index >= 15 is 0 Å². The first kappa shape index (κ1) is 44.5. The third-order valence-electron chi connectivity index (χ3n) is 13.4. The molecular weight excluding hydrogens is 841 g/mol. The Kier molecular flexibility index (Phi) is 12.8. The van der Waals surface area contributed by atoms with Crippen LogP contribution in [0.15, 0.2) is 218 Å². The summed E-state index contributed by atoms with van der Waals surface area (Å²) in [4.78, 5) is 4.55. The van der Waals surface area contributed by atoms with E-state index in [1.165, 1.54) is 33.4 Å². The molecular formula is C65H56N2O2. The van der Waals surface area contributed by atoms with Crippen molar-refractivity contribution in [3.63, 3.8) is 0 Å². The van der Waals surface area contributed by atoms with Gasteiger partial charge < -0.3 is 19.3 Å². The Labute approximate surface area is 407 Å². The van der Waals surface area contributed by atoms with Gasteiger partial charge in [0.1, 0.15) is 0 Å². The Balaban J connectivity index is 0.000000637. The predicted octanol–water partition coefficient (Wildman–Crippen LogP) is 19.0. The molecule has 0 saturated carbocycles. The summed E-state index contributed by atoms with van der Waals surface area (Å²) in [6.45, 7) is 8.68. The van der Waals surface area contributed by atoms with Crippen LogP contribution in [0, 0.1) is 0 Å². The first-order valence-corrected chi connectivity index (χ1v) is 24.3. The van der Waals surface area contributed by atoms with Gasteiger partial charge in [0.05, 0.1) is 22.7 Å². The number of benzene rings is 9. The molecule has 0 saturated heterocycles. The van der Waals surface area contributed by atoms with Crippen molar-refractivity contribution in [3.8, 4) is 34.1 Å². The second kappa shape index (κ2) is 19.9. The SMILES string of the molecule is CC.CCC1(CC)c2cc(/C=C/c3ccc(N4c5ccccc5Oc5ccccc54)cc3)ccc2-c2ccc(/C=C/c3ccc(N4c5ccccc5Oc5ccccc54)cc3)cc21.c1ccccc1. The van der Waals surface area contributed by atoms with E-state index in [4.69, 9.17) is 9.47 Å². The first-order valence-electron chi connectivity index (χ1n) is 24.3. The molecule has 0 fully saturated rings. The van der Waals surface area contributed by atoms with Crippen LogP contribution in [0.2, 0.25) is 0 Å². The summed E-state index contributed by atoms with van der Waals surface area (Å²) in [5, 5.41) is 0. The maximum Gasteiger partial charge on any atom is 0.151 e. The monoisotopic (exact) mass is 896 g/mol. The van der Waals surface area contributed by atoms with Gasteiger partial charge in [-0.2, -0.15) is 0 Å². The number of nitrogens with zero attached hydrogens (tertiary/aromatic N) is 2. The molecule has 338 valence electrons. The molecule has 0 N–H and O–H groups in total.